The van der Waals surface area contributed by atoms with Crippen molar-refractivity contribution in [2.75, 3.05) is 5.73 Å². The molecule has 0 radical (unpaired) electrons. The molecular weight excluding hydrogens is 182 g/mol. The summed E-state index contributed by atoms with van der Waals surface area (Å²) >= 11 is 4.74. The van der Waals surface area contributed by atoms with E-state index in [4.69, 9.17) is 23.7 Å². The number of hydrogen-bond donors (Lipinski definition) is 3. The van der Waals surface area contributed by atoms with Gasteiger partial charge in [-0.25, -0.2) is 0 Å². The van der Waals surface area contributed by atoms with Gasteiger partial charge in [-0.3, -0.25) is 0 Å². The number of rotatable bonds is 2. The highest BCUT2D eigenvalue weighted by Crippen LogP contribution is 2.13. The minimum Gasteiger partial charge on any atom is -0.399 e. The standard InChI is InChI=1S/C9H13N3S/c1-6(12-9(11)13)7-2-4-8(10)5-3-7/h2-6H,10H2,1H3,(H3,11,12,13)/t6-/m1/s1. The summed E-state index contributed by atoms with van der Waals surface area (Å²) in [6, 6.07) is 7.73. The zero-order valence-electron chi connectivity index (χ0n) is 7.45. The van der Waals surface area contributed by atoms with Crippen LogP contribution in [0, 0.1) is 0 Å². The van der Waals surface area contributed by atoms with E-state index < -0.39 is 0 Å². The summed E-state index contributed by atoms with van der Waals surface area (Å²) in [5, 5.41) is 3.26. The molecular formula is C9H13N3S. The number of thiocarbonyl (C=S) groups is 1. The summed E-state index contributed by atoms with van der Waals surface area (Å²) in [6.45, 7) is 1.99. The molecule has 1 rings (SSSR count). The summed E-state index contributed by atoms with van der Waals surface area (Å²) in [5.41, 5.74) is 12.8. The highest BCUT2D eigenvalue weighted by Gasteiger charge is 2.03. The van der Waals surface area contributed by atoms with Crippen molar-refractivity contribution in [1.29, 1.82) is 0 Å². The molecule has 1 atom stereocenters. The summed E-state index contributed by atoms with van der Waals surface area (Å²) in [6.07, 6.45) is 0. The van der Waals surface area contributed by atoms with Crippen LogP contribution in [0.3, 0.4) is 0 Å². The van der Waals surface area contributed by atoms with Crippen LogP contribution in [0.25, 0.3) is 0 Å². The van der Waals surface area contributed by atoms with Crippen LogP contribution in [0.4, 0.5) is 5.69 Å². The second-order valence-corrected chi connectivity index (χ2v) is 3.34. The first-order valence-electron chi connectivity index (χ1n) is 4.01. The van der Waals surface area contributed by atoms with E-state index in [0.717, 1.165) is 11.3 Å². The van der Waals surface area contributed by atoms with Gasteiger partial charge in [0.05, 0.1) is 6.04 Å². The molecule has 0 bridgehead atoms. The highest BCUT2D eigenvalue weighted by molar-refractivity contribution is 7.80. The molecule has 0 heterocycles. The average molecular weight is 195 g/mol. The highest BCUT2D eigenvalue weighted by atomic mass is 32.1. The van der Waals surface area contributed by atoms with Gasteiger partial charge >= 0.3 is 0 Å². The normalized spacial score (nSPS) is 12.1. The van der Waals surface area contributed by atoms with Gasteiger partial charge in [-0.2, -0.15) is 0 Å². The van der Waals surface area contributed by atoms with Crippen LogP contribution >= 0.6 is 12.2 Å². The Morgan fingerprint density at radius 1 is 1.38 bits per heavy atom. The number of benzene rings is 1. The molecule has 0 fully saturated rings. The fourth-order valence-electron chi connectivity index (χ4n) is 1.08. The van der Waals surface area contributed by atoms with Gasteiger partial charge < -0.3 is 16.8 Å². The van der Waals surface area contributed by atoms with Crippen LogP contribution in [0.1, 0.15) is 18.5 Å². The van der Waals surface area contributed by atoms with E-state index >= 15 is 0 Å². The molecule has 0 aliphatic rings. The number of nitrogens with two attached hydrogens (primary N) is 2. The maximum absolute atomic E-state index is 5.56. The minimum absolute atomic E-state index is 0.123. The molecule has 0 aromatic heterocycles. The Bertz CT molecular complexity index is 294. The molecule has 4 heteroatoms. The van der Waals surface area contributed by atoms with Gasteiger partial charge in [0.25, 0.3) is 0 Å². The van der Waals surface area contributed by atoms with E-state index in [1.807, 2.05) is 31.2 Å². The maximum Gasteiger partial charge on any atom is 0.164 e. The Kier molecular flexibility index (Phi) is 3.08. The van der Waals surface area contributed by atoms with E-state index in [1.54, 1.807) is 0 Å². The molecule has 0 aliphatic carbocycles. The maximum atomic E-state index is 5.56. The predicted molar refractivity (Wildman–Crippen MR) is 59.2 cm³/mol. The first kappa shape index (κ1) is 9.80. The average Bonchev–Trinajstić information content (AvgIpc) is 2.04. The summed E-state index contributed by atoms with van der Waals surface area (Å²) in [4.78, 5) is 0. The third-order valence-corrected chi connectivity index (χ3v) is 1.91. The third kappa shape index (κ3) is 2.91. The first-order valence-corrected chi connectivity index (χ1v) is 4.42. The van der Waals surface area contributed by atoms with Crippen LogP contribution in [0.2, 0.25) is 0 Å². The quantitative estimate of drug-likeness (QED) is 0.489. The van der Waals surface area contributed by atoms with Crippen LogP contribution < -0.4 is 16.8 Å². The number of nitrogen functional groups attached to an aromatic ring is 1. The molecule has 0 spiro atoms. The lowest BCUT2D eigenvalue weighted by molar-refractivity contribution is 0.720. The molecule has 1 aromatic carbocycles. The van der Waals surface area contributed by atoms with Crippen molar-refractivity contribution in [1.82, 2.24) is 5.32 Å². The topological polar surface area (TPSA) is 64.1 Å². The molecule has 0 saturated heterocycles. The zero-order valence-corrected chi connectivity index (χ0v) is 8.27. The summed E-state index contributed by atoms with van der Waals surface area (Å²) in [5.74, 6) is 0. The lowest BCUT2D eigenvalue weighted by Crippen LogP contribution is -2.31. The third-order valence-electron chi connectivity index (χ3n) is 1.80. The molecule has 0 saturated carbocycles. The van der Waals surface area contributed by atoms with Gasteiger partial charge in [0, 0.05) is 5.69 Å². The van der Waals surface area contributed by atoms with E-state index in [0.29, 0.717) is 5.11 Å². The fourth-order valence-corrected chi connectivity index (χ4v) is 1.26. The molecule has 1 aromatic rings. The Hall–Kier alpha value is -1.29. The van der Waals surface area contributed by atoms with Crippen molar-refractivity contribution < 1.29 is 0 Å². The largest absolute Gasteiger partial charge is 0.399 e. The number of hydrogen-bond acceptors (Lipinski definition) is 2. The van der Waals surface area contributed by atoms with E-state index in [1.165, 1.54) is 0 Å². The molecule has 0 unspecified atom stereocenters. The first-order chi connectivity index (χ1) is 6.09. The molecule has 0 amide bonds. The Morgan fingerprint density at radius 2 is 1.92 bits per heavy atom. The van der Waals surface area contributed by atoms with Gasteiger partial charge in [0.2, 0.25) is 0 Å². The lowest BCUT2D eigenvalue weighted by Gasteiger charge is -2.13. The molecule has 13 heavy (non-hydrogen) atoms. The predicted octanol–water partition coefficient (Wildman–Crippen LogP) is 1.16. The van der Waals surface area contributed by atoms with Crippen molar-refractivity contribution in [3.63, 3.8) is 0 Å². The van der Waals surface area contributed by atoms with Gasteiger partial charge in [0.15, 0.2) is 5.11 Å². The fraction of sp³-hybridized carbons (Fsp3) is 0.222. The molecule has 3 nitrogen and oxygen atoms in total. The SMILES string of the molecule is C[C@@H](NC(N)=S)c1ccc(N)cc1. The van der Waals surface area contributed by atoms with Crippen molar-refractivity contribution in [3.8, 4) is 0 Å². The van der Waals surface area contributed by atoms with Crippen LogP contribution in [-0.2, 0) is 0 Å². The van der Waals surface area contributed by atoms with Gasteiger partial charge in [-0.05, 0) is 36.8 Å². The van der Waals surface area contributed by atoms with Crippen molar-refractivity contribution in [2.45, 2.75) is 13.0 Å². The van der Waals surface area contributed by atoms with Crippen LogP contribution in [0.15, 0.2) is 24.3 Å². The molecule has 5 N–H and O–H groups in total. The zero-order chi connectivity index (χ0) is 9.84. The van der Waals surface area contributed by atoms with Crippen LogP contribution in [-0.4, -0.2) is 5.11 Å². The second-order valence-electron chi connectivity index (χ2n) is 2.90. The Morgan fingerprint density at radius 3 is 2.38 bits per heavy atom. The minimum atomic E-state index is 0.123. The molecule has 70 valence electrons. The van der Waals surface area contributed by atoms with E-state index in [9.17, 15) is 0 Å². The molecule has 0 aliphatic heterocycles. The summed E-state index contributed by atoms with van der Waals surface area (Å²) < 4.78 is 0. The van der Waals surface area contributed by atoms with Gasteiger partial charge in [0.1, 0.15) is 0 Å². The van der Waals surface area contributed by atoms with E-state index in [-0.39, 0.29) is 6.04 Å². The second kappa shape index (κ2) is 4.09. The van der Waals surface area contributed by atoms with Crippen molar-refractivity contribution in [3.05, 3.63) is 29.8 Å². The van der Waals surface area contributed by atoms with Gasteiger partial charge in [-0.1, -0.05) is 12.1 Å². The van der Waals surface area contributed by atoms with Crippen molar-refractivity contribution >= 4 is 23.0 Å². The summed E-state index contributed by atoms with van der Waals surface area (Å²) in [7, 11) is 0. The Labute approximate surface area is 83.1 Å². The number of nitrogens with one attached hydrogen (secondary N) is 1. The van der Waals surface area contributed by atoms with Crippen molar-refractivity contribution in [2.24, 2.45) is 5.73 Å². The monoisotopic (exact) mass is 195 g/mol. The Balaban J connectivity index is 2.71. The van der Waals surface area contributed by atoms with E-state index in [2.05, 4.69) is 5.32 Å². The number of anilines is 1. The lowest BCUT2D eigenvalue weighted by atomic mass is 10.1. The van der Waals surface area contributed by atoms with Crippen LogP contribution in [0.5, 0.6) is 0 Å². The smallest absolute Gasteiger partial charge is 0.164 e. The van der Waals surface area contributed by atoms with Gasteiger partial charge in [-0.15, -0.1) is 0 Å².